The van der Waals surface area contributed by atoms with E-state index in [0.717, 1.165) is 16.4 Å². The number of pyridine rings is 1. The van der Waals surface area contributed by atoms with Crippen LogP contribution in [-0.2, 0) is 11.3 Å². The third kappa shape index (κ3) is 4.90. The van der Waals surface area contributed by atoms with Gasteiger partial charge in [-0.3, -0.25) is 9.48 Å². The van der Waals surface area contributed by atoms with E-state index >= 15 is 0 Å². The molecule has 0 aliphatic rings. The summed E-state index contributed by atoms with van der Waals surface area (Å²) >= 11 is 1.44. The molecule has 0 saturated heterocycles. The minimum atomic E-state index is 0.0136. The number of carbonyl (C=O) groups excluding carboxylic acids is 1. The molecule has 112 valence electrons. The molecule has 0 aromatic carbocycles. The molecule has 6 heteroatoms. The van der Waals surface area contributed by atoms with Crippen LogP contribution in [0.25, 0.3) is 0 Å². The van der Waals surface area contributed by atoms with Crippen LogP contribution in [0.15, 0.2) is 35.5 Å². The zero-order chi connectivity index (χ0) is 15.2. The minimum Gasteiger partial charge on any atom is -0.351 e. The van der Waals surface area contributed by atoms with Crippen LogP contribution in [0.2, 0.25) is 0 Å². The molecule has 5 nitrogen and oxygen atoms in total. The number of aryl methyl sites for hydroxylation is 2. The van der Waals surface area contributed by atoms with Crippen molar-refractivity contribution >= 4 is 17.7 Å². The molecule has 0 spiro atoms. The summed E-state index contributed by atoms with van der Waals surface area (Å²) in [6.07, 6.45) is 1.73. The van der Waals surface area contributed by atoms with Crippen LogP contribution in [0.3, 0.4) is 0 Å². The van der Waals surface area contributed by atoms with Crippen molar-refractivity contribution in [3.63, 3.8) is 0 Å². The normalized spacial score (nSPS) is 12.1. The van der Waals surface area contributed by atoms with Crippen molar-refractivity contribution < 1.29 is 4.79 Å². The number of carbonyl (C=O) groups is 1. The monoisotopic (exact) mass is 304 g/mol. The Hall–Kier alpha value is -1.82. The van der Waals surface area contributed by atoms with E-state index in [-0.39, 0.29) is 11.9 Å². The summed E-state index contributed by atoms with van der Waals surface area (Å²) in [5, 5.41) is 8.25. The fourth-order valence-corrected chi connectivity index (χ4v) is 2.73. The number of nitrogens with one attached hydrogen (secondary N) is 1. The van der Waals surface area contributed by atoms with Crippen LogP contribution < -0.4 is 5.32 Å². The Morgan fingerprint density at radius 3 is 2.86 bits per heavy atom. The number of hydrogen-bond acceptors (Lipinski definition) is 4. The molecule has 0 bridgehead atoms. The van der Waals surface area contributed by atoms with Gasteiger partial charge < -0.3 is 5.32 Å². The molecule has 0 radical (unpaired) electrons. The molecule has 0 aliphatic carbocycles. The Morgan fingerprint density at radius 2 is 2.24 bits per heavy atom. The van der Waals surface area contributed by atoms with E-state index < -0.39 is 0 Å². The quantitative estimate of drug-likeness (QED) is 0.831. The number of amides is 1. The van der Waals surface area contributed by atoms with E-state index in [1.165, 1.54) is 11.8 Å². The fraction of sp³-hybridized carbons (Fsp3) is 0.400. The second-order valence-electron chi connectivity index (χ2n) is 5.03. The summed E-state index contributed by atoms with van der Waals surface area (Å²) < 4.78 is 1.92. The Kier molecular flexibility index (Phi) is 5.38. The van der Waals surface area contributed by atoms with Crippen molar-refractivity contribution in [1.82, 2.24) is 20.1 Å². The Morgan fingerprint density at radius 1 is 1.43 bits per heavy atom. The fourth-order valence-electron chi connectivity index (χ4n) is 2.05. The van der Waals surface area contributed by atoms with Gasteiger partial charge in [0.15, 0.2) is 0 Å². The number of thioether (sulfide) groups is 1. The maximum atomic E-state index is 11.9. The van der Waals surface area contributed by atoms with Gasteiger partial charge in [-0.05, 0) is 39.0 Å². The molecule has 2 rings (SSSR count). The first-order valence-electron chi connectivity index (χ1n) is 6.89. The van der Waals surface area contributed by atoms with Crippen LogP contribution in [0.4, 0.5) is 0 Å². The lowest BCUT2D eigenvalue weighted by Gasteiger charge is -2.14. The average Bonchev–Trinajstić information content (AvgIpc) is 2.75. The average molecular weight is 304 g/mol. The SMILES string of the molecule is Cc1cc(C)n(CC(C)NC(=O)CSc2ccccn2)n1. The van der Waals surface area contributed by atoms with Crippen LogP contribution in [0.1, 0.15) is 18.3 Å². The van der Waals surface area contributed by atoms with Gasteiger partial charge in [-0.25, -0.2) is 4.98 Å². The highest BCUT2D eigenvalue weighted by atomic mass is 32.2. The van der Waals surface area contributed by atoms with E-state index in [2.05, 4.69) is 15.4 Å². The summed E-state index contributed by atoms with van der Waals surface area (Å²) in [5.41, 5.74) is 2.10. The highest BCUT2D eigenvalue weighted by molar-refractivity contribution is 7.99. The first kappa shape index (κ1) is 15.6. The zero-order valence-electron chi connectivity index (χ0n) is 12.5. The van der Waals surface area contributed by atoms with Gasteiger partial charge in [-0.15, -0.1) is 0 Å². The van der Waals surface area contributed by atoms with Gasteiger partial charge in [0.05, 0.1) is 23.0 Å². The predicted octanol–water partition coefficient (Wildman–Crippen LogP) is 2.19. The summed E-state index contributed by atoms with van der Waals surface area (Å²) in [4.78, 5) is 16.1. The molecule has 0 saturated carbocycles. The van der Waals surface area contributed by atoms with Gasteiger partial charge >= 0.3 is 0 Å². The van der Waals surface area contributed by atoms with Gasteiger partial charge in [0.1, 0.15) is 0 Å². The smallest absolute Gasteiger partial charge is 0.230 e. The van der Waals surface area contributed by atoms with Gasteiger partial charge in [0, 0.05) is 17.9 Å². The van der Waals surface area contributed by atoms with Crippen molar-refractivity contribution in [2.45, 2.75) is 38.4 Å². The zero-order valence-corrected chi connectivity index (χ0v) is 13.4. The lowest BCUT2D eigenvalue weighted by atomic mass is 10.3. The molecule has 1 atom stereocenters. The summed E-state index contributed by atoms with van der Waals surface area (Å²) in [7, 11) is 0. The third-order valence-electron chi connectivity index (χ3n) is 2.95. The molecule has 1 N–H and O–H groups in total. The van der Waals surface area contributed by atoms with Crippen LogP contribution >= 0.6 is 11.8 Å². The number of aromatic nitrogens is 3. The first-order valence-corrected chi connectivity index (χ1v) is 7.87. The Bertz CT molecular complexity index is 597. The van der Waals surface area contributed by atoms with Crippen molar-refractivity contribution in [2.24, 2.45) is 0 Å². The molecule has 1 amide bonds. The van der Waals surface area contributed by atoms with E-state index in [9.17, 15) is 4.79 Å². The van der Waals surface area contributed by atoms with Crippen molar-refractivity contribution in [3.05, 3.63) is 41.9 Å². The van der Waals surface area contributed by atoms with E-state index in [1.807, 2.05) is 49.7 Å². The summed E-state index contributed by atoms with van der Waals surface area (Å²) in [5.74, 6) is 0.387. The molecular formula is C15H20N4OS. The van der Waals surface area contributed by atoms with Crippen molar-refractivity contribution in [3.8, 4) is 0 Å². The molecule has 1 unspecified atom stereocenters. The minimum absolute atomic E-state index is 0.0136. The maximum Gasteiger partial charge on any atom is 0.230 e. The molecular weight excluding hydrogens is 284 g/mol. The van der Waals surface area contributed by atoms with Gasteiger partial charge in [0.25, 0.3) is 0 Å². The van der Waals surface area contributed by atoms with E-state index in [1.54, 1.807) is 6.20 Å². The number of hydrogen-bond donors (Lipinski definition) is 1. The van der Waals surface area contributed by atoms with E-state index in [0.29, 0.717) is 12.3 Å². The summed E-state index contributed by atoms with van der Waals surface area (Å²) in [6, 6.07) is 7.75. The largest absolute Gasteiger partial charge is 0.351 e. The lowest BCUT2D eigenvalue weighted by Crippen LogP contribution is -2.37. The predicted molar refractivity (Wildman–Crippen MR) is 84.3 cm³/mol. The standard InChI is InChI=1S/C15H20N4OS/c1-11-8-13(3)19(18-11)9-12(2)17-14(20)10-21-15-6-4-5-7-16-15/h4-8,12H,9-10H2,1-3H3,(H,17,20). The maximum absolute atomic E-state index is 11.9. The van der Waals surface area contributed by atoms with Gasteiger partial charge in [-0.2, -0.15) is 5.10 Å². The Balaban J connectivity index is 1.78. The van der Waals surface area contributed by atoms with Crippen molar-refractivity contribution in [2.75, 3.05) is 5.75 Å². The molecule has 21 heavy (non-hydrogen) atoms. The second-order valence-corrected chi connectivity index (χ2v) is 6.03. The number of rotatable bonds is 6. The molecule has 0 aliphatic heterocycles. The van der Waals surface area contributed by atoms with Gasteiger partial charge in [0.2, 0.25) is 5.91 Å². The molecule has 2 heterocycles. The molecule has 2 aromatic heterocycles. The lowest BCUT2D eigenvalue weighted by molar-refractivity contribution is -0.119. The van der Waals surface area contributed by atoms with E-state index in [4.69, 9.17) is 0 Å². The van der Waals surface area contributed by atoms with Crippen LogP contribution in [0.5, 0.6) is 0 Å². The Labute approximate surface area is 129 Å². The molecule has 2 aromatic rings. The van der Waals surface area contributed by atoms with Crippen LogP contribution in [0, 0.1) is 13.8 Å². The topological polar surface area (TPSA) is 59.8 Å². The highest BCUT2D eigenvalue weighted by Gasteiger charge is 2.10. The number of nitrogens with zero attached hydrogens (tertiary/aromatic N) is 3. The van der Waals surface area contributed by atoms with Crippen molar-refractivity contribution in [1.29, 1.82) is 0 Å². The highest BCUT2D eigenvalue weighted by Crippen LogP contribution is 2.13. The van der Waals surface area contributed by atoms with Crippen LogP contribution in [-0.4, -0.2) is 32.5 Å². The third-order valence-corrected chi connectivity index (χ3v) is 3.89. The first-order chi connectivity index (χ1) is 10.0. The van der Waals surface area contributed by atoms with Gasteiger partial charge in [-0.1, -0.05) is 17.8 Å². The second kappa shape index (κ2) is 7.26. The molecule has 0 fully saturated rings. The summed E-state index contributed by atoms with van der Waals surface area (Å²) in [6.45, 7) is 6.65.